The van der Waals surface area contributed by atoms with Crippen LogP contribution in [0.1, 0.15) is 53.4 Å². The largest absolute Gasteiger partial charge is 0.373 e. The van der Waals surface area contributed by atoms with Gasteiger partial charge in [0.25, 0.3) is 0 Å². The molecule has 1 aliphatic carbocycles. The van der Waals surface area contributed by atoms with E-state index in [0.29, 0.717) is 6.04 Å². The zero-order valence-electron chi connectivity index (χ0n) is 24.7. The number of rotatable bonds is 7. The number of fused-ring (bicyclic) bond motifs is 2. The number of benzene rings is 2. The van der Waals surface area contributed by atoms with Crippen LogP contribution in [-0.2, 0) is 0 Å². The second-order valence-electron chi connectivity index (χ2n) is 10.0. The standard InChI is InChI=1S/C32H38N6.C2H6/c1-4-6-12-26(10-5-2)38-31-14-8-7-13-27(31)36-30-22-28(34-24-11-9-18-33-19-15-24)29(23-32(30)38)35-25-16-20-37(3)21-17-25;1-2/h6-15,18-19,22-25,34H,4-5,16-17,20-21H2,1-3H3;1-2H3/b12-6-,26-10+,35-29?;. The molecule has 1 aromatic carbocycles. The Bertz CT molecular complexity index is 1430. The van der Waals surface area contributed by atoms with E-state index < -0.39 is 0 Å². The second kappa shape index (κ2) is 14.6. The highest BCUT2D eigenvalue weighted by Gasteiger charge is 2.20. The Hall–Kier alpha value is -3.77. The topological polar surface area (TPSA) is 57.8 Å². The summed E-state index contributed by atoms with van der Waals surface area (Å²) in [5, 5.41) is 4.69. The molecule has 210 valence electrons. The fourth-order valence-corrected chi connectivity index (χ4v) is 5.10. The summed E-state index contributed by atoms with van der Waals surface area (Å²) in [6, 6.07) is 13.1. The molecule has 0 spiro atoms. The van der Waals surface area contributed by atoms with Gasteiger partial charge in [0.1, 0.15) is 0 Å². The number of aromatic nitrogens is 2. The molecule has 0 radical (unpaired) electrons. The molecular formula is C34H44N6. The van der Waals surface area contributed by atoms with Crippen molar-refractivity contribution in [3.8, 4) is 11.4 Å². The molecule has 40 heavy (non-hydrogen) atoms. The maximum absolute atomic E-state index is 5.33. The highest BCUT2D eigenvalue weighted by Crippen LogP contribution is 2.30. The fraction of sp³-hybridized carbons (Fsp3) is 0.382. The maximum atomic E-state index is 5.33. The number of anilines is 1. The molecular weight excluding hydrogens is 492 g/mol. The minimum absolute atomic E-state index is 0.0250. The quantitative estimate of drug-likeness (QED) is 0.254. The molecule has 4 aliphatic rings. The Morgan fingerprint density at radius 2 is 1.88 bits per heavy atom. The van der Waals surface area contributed by atoms with Crippen LogP contribution in [0.15, 0.2) is 89.0 Å². The monoisotopic (exact) mass is 536 g/mol. The summed E-state index contributed by atoms with van der Waals surface area (Å²) in [4.78, 5) is 17.1. The molecule has 1 aromatic rings. The van der Waals surface area contributed by atoms with Crippen molar-refractivity contribution in [1.29, 1.82) is 0 Å². The first-order valence-electron chi connectivity index (χ1n) is 14.8. The molecule has 3 heterocycles. The van der Waals surface area contributed by atoms with Gasteiger partial charge in [-0.25, -0.2) is 4.98 Å². The van der Waals surface area contributed by atoms with Crippen molar-refractivity contribution < 1.29 is 0 Å². The number of hydrogen-bond donors (Lipinski definition) is 1. The van der Waals surface area contributed by atoms with E-state index in [1.54, 1.807) is 0 Å². The Morgan fingerprint density at radius 3 is 2.65 bits per heavy atom. The zero-order valence-corrected chi connectivity index (χ0v) is 24.7. The van der Waals surface area contributed by atoms with Crippen LogP contribution in [0, 0.1) is 0 Å². The summed E-state index contributed by atoms with van der Waals surface area (Å²) in [5.41, 5.74) is 6.24. The lowest BCUT2D eigenvalue weighted by Crippen LogP contribution is -2.33. The number of nitrogens with zero attached hydrogens (tertiary/aromatic N) is 5. The minimum atomic E-state index is 0.0250. The van der Waals surface area contributed by atoms with Crippen LogP contribution < -0.4 is 10.7 Å². The summed E-state index contributed by atoms with van der Waals surface area (Å²) >= 11 is 0. The zero-order chi connectivity index (χ0) is 28.3. The van der Waals surface area contributed by atoms with Crippen molar-refractivity contribution in [3.63, 3.8) is 0 Å². The highest BCUT2D eigenvalue weighted by molar-refractivity contribution is 5.87. The molecule has 1 saturated heterocycles. The van der Waals surface area contributed by atoms with Crippen molar-refractivity contribution in [3.05, 3.63) is 84.4 Å². The van der Waals surface area contributed by atoms with Crippen molar-refractivity contribution in [1.82, 2.24) is 14.5 Å². The molecule has 5 rings (SSSR count). The van der Waals surface area contributed by atoms with Crippen molar-refractivity contribution in [2.75, 3.05) is 25.5 Å². The maximum Gasteiger partial charge on any atom is 0.0900 e. The summed E-state index contributed by atoms with van der Waals surface area (Å²) in [7, 11) is 2.19. The molecule has 1 unspecified atom stereocenters. The van der Waals surface area contributed by atoms with E-state index in [1.165, 1.54) is 0 Å². The number of para-hydroxylation sites is 2. The van der Waals surface area contributed by atoms with E-state index in [4.69, 9.17) is 9.98 Å². The van der Waals surface area contributed by atoms with E-state index in [2.05, 4.69) is 107 Å². The lowest BCUT2D eigenvalue weighted by Gasteiger charge is -2.27. The van der Waals surface area contributed by atoms with Gasteiger partial charge in [-0.05, 0) is 88.3 Å². The SMILES string of the molecule is CC.CC/C=C\C(=C/CC)n1c2cc(=NC3CCN(C)CC3)c(NC3C=CC=NC=C3)cc-2nc2ccccc21. The summed E-state index contributed by atoms with van der Waals surface area (Å²) in [5.74, 6) is 0. The molecule has 6 nitrogen and oxygen atoms in total. The second-order valence-corrected chi connectivity index (χ2v) is 10.0. The minimum Gasteiger partial charge on any atom is -0.373 e. The van der Waals surface area contributed by atoms with Gasteiger partial charge in [-0.3, -0.25) is 9.98 Å². The predicted octanol–water partition coefficient (Wildman–Crippen LogP) is 7.31. The molecule has 3 aliphatic heterocycles. The Labute approximate surface area is 239 Å². The van der Waals surface area contributed by atoms with Gasteiger partial charge in [-0.15, -0.1) is 0 Å². The van der Waals surface area contributed by atoms with Gasteiger partial charge < -0.3 is 14.8 Å². The summed E-state index contributed by atoms with van der Waals surface area (Å²) in [6.07, 6.45) is 20.6. The highest BCUT2D eigenvalue weighted by atomic mass is 15.1. The third-order valence-electron chi connectivity index (χ3n) is 7.10. The third-order valence-corrected chi connectivity index (χ3v) is 7.10. The average Bonchev–Trinajstić information content (AvgIpc) is 3.25. The normalized spacial score (nSPS) is 18.9. The van der Waals surface area contributed by atoms with Crippen LogP contribution in [0.3, 0.4) is 0 Å². The smallest absolute Gasteiger partial charge is 0.0900 e. The first-order chi connectivity index (χ1) is 19.7. The third kappa shape index (κ3) is 7.05. The molecule has 0 aromatic heterocycles. The van der Waals surface area contributed by atoms with Gasteiger partial charge in [0, 0.05) is 18.1 Å². The number of allylic oxidation sites excluding steroid dienone is 5. The van der Waals surface area contributed by atoms with E-state index >= 15 is 0 Å². The van der Waals surface area contributed by atoms with Crippen LogP contribution >= 0.6 is 0 Å². The van der Waals surface area contributed by atoms with E-state index in [-0.39, 0.29) is 6.04 Å². The van der Waals surface area contributed by atoms with Crippen molar-refractivity contribution in [2.45, 2.75) is 65.5 Å². The van der Waals surface area contributed by atoms with Crippen LogP contribution in [0.4, 0.5) is 5.69 Å². The molecule has 1 atom stereocenters. The van der Waals surface area contributed by atoms with Crippen LogP contribution in [-0.4, -0.2) is 52.9 Å². The van der Waals surface area contributed by atoms with Gasteiger partial charge in [0.2, 0.25) is 0 Å². The molecule has 0 bridgehead atoms. The first kappa shape index (κ1) is 29.2. The molecule has 0 saturated carbocycles. The number of nitrogens with one attached hydrogen (secondary N) is 1. The van der Waals surface area contributed by atoms with Gasteiger partial charge in [0.05, 0.1) is 45.5 Å². The van der Waals surface area contributed by atoms with Crippen molar-refractivity contribution >= 4 is 28.6 Å². The summed E-state index contributed by atoms with van der Waals surface area (Å²) < 4.78 is 2.35. The van der Waals surface area contributed by atoms with Gasteiger partial charge in [-0.2, -0.15) is 0 Å². The fourth-order valence-electron chi connectivity index (χ4n) is 5.10. The molecule has 1 N–H and O–H groups in total. The predicted molar refractivity (Wildman–Crippen MR) is 172 cm³/mol. The van der Waals surface area contributed by atoms with Crippen LogP contribution in [0.2, 0.25) is 0 Å². The molecule has 6 heteroatoms. The van der Waals surface area contributed by atoms with E-state index in [9.17, 15) is 0 Å². The van der Waals surface area contributed by atoms with Gasteiger partial charge in [0.15, 0.2) is 0 Å². The van der Waals surface area contributed by atoms with E-state index in [1.807, 2.05) is 32.3 Å². The Kier molecular flexibility index (Phi) is 10.6. The van der Waals surface area contributed by atoms with Gasteiger partial charge >= 0.3 is 0 Å². The molecule has 0 amide bonds. The number of aliphatic imine (C=N–C) groups is 1. The van der Waals surface area contributed by atoms with Gasteiger partial charge in [-0.1, -0.05) is 58.1 Å². The average molecular weight is 537 g/mol. The van der Waals surface area contributed by atoms with E-state index in [0.717, 1.165) is 77.9 Å². The first-order valence-corrected chi connectivity index (χ1v) is 14.8. The lowest BCUT2D eigenvalue weighted by atomic mass is 10.1. The number of likely N-dealkylation sites (tertiary alicyclic amines) is 1. The van der Waals surface area contributed by atoms with Crippen LogP contribution in [0.5, 0.6) is 0 Å². The number of piperidine rings is 1. The lowest BCUT2D eigenvalue weighted by molar-refractivity contribution is 0.255. The Balaban J connectivity index is 0.00000181. The number of hydrogen-bond acceptors (Lipinski definition) is 5. The molecule has 1 fully saturated rings. The Morgan fingerprint density at radius 1 is 1.07 bits per heavy atom. The summed E-state index contributed by atoms with van der Waals surface area (Å²) in [6.45, 7) is 10.5. The van der Waals surface area contributed by atoms with Crippen molar-refractivity contribution in [2.24, 2.45) is 9.98 Å². The van der Waals surface area contributed by atoms with Crippen LogP contribution in [0.25, 0.3) is 28.1 Å².